The maximum Gasteiger partial charge on any atom is 0.303 e. The quantitative estimate of drug-likeness (QED) is 0.844. The molecule has 1 aromatic heterocycles. The van der Waals surface area contributed by atoms with Crippen LogP contribution in [0.3, 0.4) is 0 Å². The van der Waals surface area contributed by atoms with Gasteiger partial charge in [-0.1, -0.05) is 24.2 Å². The third-order valence-corrected chi connectivity index (χ3v) is 2.94. The molecular formula is C15H18N2O4. The molecule has 1 aromatic carbocycles. The average molecular weight is 290 g/mol. The molecule has 0 saturated heterocycles. The number of aromatic nitrogens is 2. The normalized spacial score (nSPS) is 12.1. The van der Waals surface area contributed by atoms with Crippen molar-refractivity contribution in [1.82, 2.24) is 10.1 Å². The van der Waals surface area contributed by atoms with Gasteiger partial charge >= 0.3 is 5.97 Å². The molecule has 6 heteroatoms. The van der Waals surface area contributed by atoms with Crippen molar-refractivity contribution in [2.45, 2.75) is 26.7 Å². The topological polar surface area (TPSA) is 85.5 Å². The summed E-state index contributed by atoms with van der Waals surface area (Å²) in [6.45, 7) is 4.30. The Bertz CT molecular complexity index is 609. The van der Waals surface area contributed by atoms with Gasteiger partial charge in [-0.25, -0.2) is 0 Å². The Morgan fingerprint density at radius 1 is 1.43 bits per heavy atom. The first kappa shape index (κ1) is 15.0. The van der Waals surface area contributed by atoms with Gasteiger partial charge in [0.05, 0.1) is 12.2 Å². The van der Waals surface area contributed by atoms with Crippen LogP contribution in [0.15, 0.2) is 28.8 Å². The van der Waals surface area contributed by atoms with Crippen LogP contribution >= 0.6 is 0 Å². The lowest BCUT2D eigenvalue weighted by Gasteiger charge is -2.06. The second-order valence-electron chi connectivity index (χ2n) is 4.85. The Balaban J connectivity index is 2.14. The van der Waals surface area contributed by atoms with Gasteiger partial charge in [-0.2, -0.15) is 4.98 Å². The lowest BCUT2D eigenvalue weighted by Crippen LogP contribution is -2.07. The SMILES string of the molecule is CCOc1ccccc1-c1noc(CC(C)CC(=O)O)n1. The minimum Gasteiger partial charge on any atom is -0.493 e. The Morgan fingerprint density at radius 3 is 2.90 bits per heavy atom. The summed E-state index contributed by atoms with van der Waals surface area (Å²) in [6.07, 6.45) is 0.517. The molecule has 0 amide bonds. The Hall–Kier alpha value is -2.37. The van der Waals surface area contributed by atoms with Crippen LogP contribution in [0, 0.1) is 5.92 Å². The van der Waals surface area contributed by atoms with E-state index in [0.29, 0.717) is 30.5 Å². The maximum absolute atomic E-state index is 10.7. The molecule has 1 atom stereocenters. The Labute approximate surface area is 122 Å². The first-order valence-corrected chi connectivity index (χ1v) is 6.86. The van der Waals surface area contributed by atoms with Crippen molar-refractivity contribution in [2.24, 2.45) is 5.92 Å². The van der Waals surface area contributed by atoms with Crippen LogP contribution < -0.4 is 4.74 Å². The number of aliphatic carboxylic acids is 1. The van der Waals surface area contributed by atoms with Gasteiger partial charge in [0.15, 0.2) is 0 Å². The molecule has 112 valence electrons. The molecule has 1 N–H and O–H groups in total. The van der Waals surface area contributed by atoms with E-state index >= 15 is 0 Å². The van der Waals surface area contributed by atoms with E-state index < -0.39 is 5.97 Å². The molecule has 0 saturated carbocycles. The zero-order chi connectivity index (χ0) is 15.2. The van der Waals surface area contributed by atoms with Gasteiger partial charge in [0.2, 0.25) is 11.7 Å². The van der Waals surface area contributed by atoms with E-state index in [1.807, 2.05) is 38.1 Å². The van der Waals surface area contributed by atoms with Crippen molar-refractivity contribution in [3.05, 3.63) is 30.2 Å². The van der Waals surface area contributed by atoms with Crippen LogP contribution in [-0.4, -0.2) is 27.8 Å². The lowest BCUT2D eigenvalue weighted by molar-refractivity contribution is -0.137. The number of hydrogen-bond donors (Lipinski definition) is 1. The molecule has 2 rings (SSSR count). The molecule has 0 aliphatic carbocycles. The standard InChI is InChI=1S/C15H18N2O4/c1-3-20-12-7-5-4-6-11(12)15-16-13(21-17-15)8-10(2)9-14(18)19/h4-7,10H,3,8-9H2,1-2H3,(H,18,19). The monoisotopic (exact) mass is 290 g/mol. The molecule has 1 heterocycles. The van der Waals surface area contributed by atoms with E-state index in [9.17, 15) is 4.79 Å². The van der Waals surface area contributed by atoms with E-state index in [1.165, 1.54) is 0 Å². The van der Waals surface area contributed by atoms with E-state index in [-0.39, 0.29) is 12.3 Å². The second kappa shape index (κ2) is 6.88. The number of hydrogen-bond acceptors (Lipinski definition) is 5. The van der Waals surface area contributed by atoms with Crippen molar-refractivity contribution in [3.63, 3.8) is 0 Å². The van der Waals surface area contributed by atoms with Gasteiger partial charge in [-0.05, 0) is 25.0 Å². The highest BCUT2D eigenvalue weighted by molar-refractivity contribution is 5.67. The number of para-hydroxylation sites is 1. The number of carboxylic acids is 1. The summed E-state index contributed by atoms with van der Waals surface area (Å²) in [6, 6.07) is 7.47. The van der Waals surface area contributed by atoms with Crippen molar-refractivity contribution in [1.29, 1.82) is 0 Å². The average Bonchev–Trinajstić information content (AvgIpc) is 2.87. The predicted octanol–water partition coefficient (Wildman–Crippen LogP) is 2.79. The van der Waals surface area contributed by atoms with Gasteiger partial charge in [-0.3, -0.25) is 4.79 Å². The predicted molar refractivity (Wildman–Crippen MR) is 76.0 cm³/mol. The molecule has 2 aromatic rings. The third-order valence-electron chi connectivity index (χ3n) is 2.94. The van der Waals surface area contributed by atoms with Gasteiger partial charge in [0.25, 0.3) is 0 Å². The number of carbonyl (C=O) groups is 1. The molecule has 0 bridgehead atoms. The highest BCUT2D eigenvalue weighted by atomic mass is 16.5. The van der Waals surface area contributed by atoms with Gasteiger partial charge < -0.3 is 14.4 Å². The number of nitrogens with zero attached hydrogens (tertiary/aromatic N) is 2. The summed E-state index contributed by atoms with van der Waals surface area (Å²) in [5, 5.41) is 12.7. The minimum atomic E-state index is -0.830. The largest absolute Gasteiger partial charge is 0.493 e. The summed E-state index contributed by atoms with van der Waals surface area (Å²) in [4.78, 5) is 15.0. The molecule has 1 unspecified atom stereocenters. The highest BCUT2D eigenvalue weighted by Crippen LogP contribution is 2.27. The van der Waals surface area contributed by atoms with Crippen LogP contribution in [0.5, 0.6) is 5.75 Å². The smallest absolute Gasteiger partial charge is 0.303 e. The third kappa shape index (κ3) is 4.05. The van der Waals surface area contributed by atoms with Gasteiger partial charge in [-0.15, -0.1) is 0 Å². The lowest BCUT2D eigenvalue weighted by atomic mass is 10.0. The molecule has 21 heavy (non-hydrogen) atoms. The van der Waals surface area contributed by atoms with Crippen LogP contribution in [0.4, 0.5) is 0 Å². The van der Waals surface area contributed by atoms with Crippen LogP contribution in [-0.2, 0) is 11.2 Å². The number of ether oxygens (including phenoxy) is 1. The van der Waals surface area contributed by atoms with E-state index in [2.05, 4.69) is 10.1 Å². The fourth-order valence-corrected chi connectivity index (χ4v) is 2.05. The first-order valence-electron chi connectivity index (χ1n) is 6.86. The van der Waals surface area contributed by atoms with E-state index in [1.54, 1.807) is 0 Å². The maximum atomic E-state index is 10.7. The summed E-state index contributed by atoms with van der Waals surface area (Å²) in [5.41, 5.74) is 0.764. The van der Waals surface area contributed by atoms with Gasteiger partial charge in [0, 0.05) is 12.8 Å². The van der Waals surface area contributed by atoms with Crippen molar-refractivity contribution >= 4 is 5.97 Å². The highest BCUT2D eigenvalue weighted by Gasteiger charge is 2.16. The van der Waals surface area contributed by atoms with Gasteiger partial charge in [0.1, 0.15) is 5.75 Å². The zero-order valence-electron chi connectivity index (χ0n) is 12.1. The molecule has 6 nitrogen and oxygen atoms in total. The number of rotatable bonds is 7. The zero-order valence-corrected chi connectivity index (χ0v) is 12.1. The number of carboxylic acid groups (broad SMARTS) is 1. The van der Waals surface area contributed by atoms with Crippen LogP contribution in [0.25, 0.3) is 11.4 Å². The fraction of sp³-hybridized carbons (Fsp3) is 0.400. The summed E-state index contributed by atoms with van der Waals surface area (Å²) in [5.74, 6) is 0.703. The summed E-state index contributed by atoms with van der Waals surface area (Å²) in [7, 11) is 0. The fourth-order valence-electron chi connectivity index (χ4n) is 2.05. The molecule has 0 radical (unpaired) electrons. The van der Waals surface area contributed by atoms with E-state index in [0.717, 1.165) is 5.56 Å². The van der Waals surface area contributed by atoms with Crippen LogP contribution in [0.1, 0.15) is 26.2 Å². The molecular weight excluding hydrogens is 272 g/mol. The Morgan fingerprint density at radius 2 is 2.19 bits per heavy atom. The van der Waals surface area contributed by atoms with Crippen LogP contribution in [0.2, 0.25) is 0 Å². The van der Waals surface area contributed by atoms with Crippen molar-refractivity contribution in [2.75, 3.05) is 6.61 Å². The van der Waals surface area contributed by atoms with Crippen molar-refractivity contribution < 1.29 is 19.2 Å². The summed E-state index contributed by atoms with van der Waals surface area (Å²) >= 11 is 0. The molecule has 0 spiro atoms. The number of benzene rings is 1. The second-order valence-corrected chi connectivity index (χ2v) is 4.85. The molecule has 0 aliphatic heterocycles. The van der Waals surface area contributed by atoms with Crippen molar-refractivity contribution in [3.8, 4) is 17.1 Å². The Kier molecular flexibility index (Phi) is 4.92. The summed E-state index contributed by atoms with van der Waals surface area (Å²) < 4.78 is 10.7. The minimum absolute atomic E-state index is 0.0575. The van der Waals surface area contributed by atoms with E-state index in [4.69, 9.17) is 14.4 Å². The molecule has 0 fully saturated rings. The molecule has 0 aliphatic rings. The first-order chi connectivity index (χ1) is 10.1.